The lowest BCUT2D eigenvalue weighted by atomic mass is 10.1. The molecule has 0 aliphatic heterocycles. The molecule has 19 heavy (non-hydrogen) atoms. The quantitative estimate of drug-likeness (QED) is 0.729. The first-order chi connectivity index (χ1) is 9.24. The molecule has 1 unspecified atom stereocenters. The highest BCUT2D eigenvalue weighted by Crippen LogP contribution is 2.16. The molecule has 1 atom stereocenters. The third-order valence-corrected chi connectivity index (χ3v) is 2.86. The highest BCUT2D eigenvalue weighted by molar-refractivity contribution is 5.49. The summed E-state index contributed by atoms with van der Waals surface area (Å²) in [6.45, 7) is 2.01. The molecule has 3 rings (SSSR count). The molecule has 2 N–H and O–H groups in total. The second-order valence-electron chi connectivity index (χ2n) is 4.18. The monoisotopic (exact) mass is 256 g/mol. The SMILES string of the molecule is CC(Nc1cc2n[nH]c(=O)n2cn1)c1cccnc1. The minimum Gasteiger partial charge on any atom is -0.363 e. The molecule has 0 aliphatic rings. The van der Waals surface area contributed by atoms with E-state index in [0.717, 1.165) is 5.56 Å². The van der Waals surface area contributed by atoms with Crippen LogP contribution in [0.25, 0.3) is 5.65 Å². The van der Waals surface area contributed by atoms with Gasteiger partial charge in [0.15, 0.2) is 5.65 Å². The molecule has 0 saturated carbocycles. The van der Waals surface area contributed by atoms with Crippen molar-refractivity contribution in [3.05, 3.63) is 53.0 Å². The van der Waals surface area contributed by atoms with E-state index in [0.29, 0.717) is 11.5 Å². The van der Waals surface area contributed by atoms with Gasteiger partial charge in [0.2, 0.25) is 0 Å². The van der Waals surface area contributed by atoms with Crippen LogP contribution in [0.1, 0.15) is 18.5 Å². The molecule has 0 fully saturated rings. The summed E-state index contributed by atoms with van der Waals surface area (Å²) in [5.41, 5.74) is 1.29. The lowest BCUT2D eigenvalue weighted by Crippen LogP contribution is -2.12. The number of rotatable bonds is 3. The zero-order chi connectivity index (χ0) is 13.2. The Labute approximate surface area is 108 Å². The van der Waals surface area contributed by atoms with Gasteiger partial charge < -0.3 is 5.32 Å². The molecule has 0 spiro atoms. The van der Waals surface area contributed by atoms with Crippen molar-refractivity contribution < 1.29 is 0 Å². The summed E-state index contributed by atoms with van der Waals surface area (Å²) in [5.74, 6) is 0.655. The largest absolute Gasteiger partial charge is 0.363 e. The Bertz CT molecular complexity index is 748. The van der Waals surface area contributed by atoms with Crippen LogP contribution in [0.2, 0.25) is 0 Å². The van der Waals surface area contributed by atoms with Crippen molar-refractivity contribution in [2.75, 3.05) is 5.32 Å². The third kappa shape index (κ3) is 2.17. The fraction of sp³-hybridized carbons (Fsp3) is 0.167. The fourth-order valence-electron chi connectivity index (χ4n) is 1.83. The second kappa shape index (κ2) is 4.52. The van der Waals surface area contributed by atoms with Gasteiger partial charge in [0.1, 0.15) is 12.1 Å². The average Bonchev–Trinajstić information content (AvgIpc) is 2.81. The Morgan fingerprint density at radius 3 is 3.16 bits per heavy atom. The Kier molecular flexibility index (Phi) is 2.71. The van der Waals surface area contributed by atoms with E-state index in [4.69, 9.17) is 0 Å². The summed E-state index contributed by atoms with van der Waals surface area (Å²) in [4.78, 5) is 19.6. The van der Waals surface area contributed by atoms with E-state index in [2.05, 4.69) is 25.5 Å². The minimum atomic E-state index is -0.297. The minimum absolute atomic E-state index is 0.0642. The predicted molar refractivity (Wildman–Crippen MR) is 69.9 cm³/mol. The second-order valence-corrected chi connectivity index (χ2v) is 4.18. The van der Waals surface area contributed by atoms with Gasteiger partial charge in [-0.2, -0.15) is 5.10 Å². The Balaban J connectivity index is 1.87. The maximum absolute atomic E-state index is 11.3. The van der Waals surface area contributed by atoms with Gasteiger partial charge in [0, 0.05) is 18.5 Å². The molecular weight excluding hydrogens is 244 g/mol. The summed E-state index contributed by atoms with van der Waals surface area (Å²) < 4.78 is 1.35. The van der Waals surface area contributed by atoms with Crippen molar-refractivity contribution in [3.63, 3.8) is 0 Å². The molecule has 0 amide bonds. The summed E-state index contributed by atoms with van der Waals surface area (Å²) in [5, 5.41) is 9.50. The van der Waals surface area contributed by atoms with Crippen molar-refractivity contribution in [3.8, 4) is 0 Å². The molecule has 0 saturated heterocycles. The summed E-state index contributed by atoms with van der Waals surface area (Å²) in [6.07, 6.45) is 4.98. The third-order valence-electron chi connectivity index (χ3n) is 2.86. The zero-order valence-corrected chi connectivity index (χ0v) is 10.2. The normalized spacial score (nSPS) is 12.5. The molecule has 3 heterocycles. The first kappa shape index (κ1) is 11.4. The van der Waals surface area contributed by atoms with Crippen LogP contribution in [0.3, 0.4) is 0 Å². The number of hydrogen-bond donors (Lipinski definition) is 2. The van der Waals surface area contributed by atoms with Crippen molar-refractivity contribution in [1.29, 1.82) is 0 Å². The van der Waals surface area contributed by atoms with E-state index in [1.54, 1.807) is 18.5 Å². The van der Waals surface area contributed by atoms with E-state index in [1.165, 1.54) is 10.7 Å². The van der Waals surface area contributed by atoms with Crippen LogP contribution in [-0.2, 0) is 0 Å². The van der Waals surface area contributed by atoms with E-state index >= 15 is 0 Å². The molecule has 7 nitrogen and oxygen atoms in total. The molecule has 7 heteroatoms. The molecule has 3 aromatic heterocycles. The number of fused-ring (bicyclic) bond motifs is 1. The summed E-state index contributed by atoms with van der Waals surface area (Å²) >= 11 is 0. The van der Waals surface area contributed by atoms with Crippen molar-refractivity contribution in [2.24, 2.45) is 0 Å². The predicted octanol–water partition coefficient (Wildman–Crippen LogP) is 0.986. The van der Waals surface area contributed by atoms with E-state index in [9.17, 15) is 4.79 Å². The van der Waals surface area contributed by atoms with Crippen LogP contribution in [0.4, 0.5) is 5.82 Å². The van der Waals surface area contributed by atoms with Crippen LogP contribution in [0.5, 0.6) is 0 Å². The van der Waals surface area contributed by atoms with Gasteiger partial charge >= 0.3 is 5.69 Å². The van der Waals surface area contributed by atoms with E-state index in [1.807, 2.05) is 19.1 Å². The van der Waals surface area contributed by atoms with Crippen molar-refractivity contribution >= 4 is 11.5 Å². The highest BCUT2D eigenvalue weighted by atomic mass is 16.1. The number of hydrogen-bond acceptors (Lipinski definition) is 5. The molecule has 96 valence electrons. The standard InChI is InChI=1S/C12H12N6O/c1-8(9-3-2-4-13-6-9)15-10-5-11-16-17-12(19)18(11)7-14-10/h2-8,15H,1H3,(H,17,19). The number of aromatic amines is 1. The smallest absolute Gasteiger partial charge is 0.348 e. The van der Waals surface area contributed by atoms with E-state index in [-0.39, 0.29) is 11.7 Å². The first-order valence-electron chi connectivity index (χ1n) is 5.83. The number of pyridine rings is 1. The van der Waals surface area contributed by atoms with E-state index < -0.39 is 0 Å². The fourth-order valence-corrected chi connectivity index (χ4v) is 1.83. The zero-order valence-electron chi connectivity index (χ0n) is 10.2. The van der Waals surface area contributed by atoms with Gasteiger partial charge in [-0.05, 0) is 18.6 Å². The van der Waals surface area contributed by atoms with Crippen LogP contribution >= 0.6 is 0 Å². The van der Waals surface area contributed by atoms with Gasteiger partial charge in [-0.3, -0.25) is 4.98 Å². The maximum Gasteiger partial charge on any atom is 0.348 e. The van der Waals surface area contributed by atoms with Crippen LogP contribution in [-0.4, -0.2) is 24.6 Å². The van der Waals surface area contributed by atoms with Gasteiger partial charge in [-0.1, -0.05) is 6.07 Å². The summed E-state index contributed by atoms with van der Waals surface area (Å²) in [7, 11) is 0. The molecular formula is C12H12N6O. The highest BCUT2D eigenvalue weighted by Gasteiger charge is 2.07. The number of anilines is 1. The summed E-state index contributed by atoms with van der Waals surface area (Å²) in [6, 6.07) is 5.65. The molecule has 0 bridgehead atoms. The molecule has 0 radical (unpaired) electrons. The maximum atomic E-state index is 11.3. The van der Waals surface area contributed by atoms with Gasteiger partial charge in [-0.25, -0.2) is 19.3 Å². The lowest BCUT2D eigenvalue weighted by molar-refractivity contribution is 0.862. The number of nitrogens with zero attached hydrogens (tertiary/aromatic N) is 4. The number of H-pyrrole nitrogens is 1. The van der Waals surface area contributed by atoms with Crippen LogP contribution in [0, 0.1) is 0 Å². The Hall–Kier alpha value is -2.70. The lowest BCUT2D eigenvalue weighted by Gasteiger charge is -2.14. The number of aromatic nitrogens is 5. The van der Waals surface area contributed by atoms with Crippen LogP contribution in [0.15, 0.2) is 41.7 Å². The Morgan fingerprint density at radius 1 is 1.47 bits per heavy atom. The van der Waals surface area contributed by atoms with Crippen molar-refractivity contribution in [1.82, 2.24) is 24.6 Å². The van der Waals surface area contributed by atoms with Crippen LogP contribution < -0.4 is 11.0 Å². The molecule has 3 aromatic rings. The van der Waals surface area contributed by atoms with Gasteiger partial charge in [-0.15, -0.1) is 0 Å². The number of nitrogens with one attached hydrogen (secondary N) is 2. The Morgan fingerprint density at radius 2 is 2.37 bits per heavy atom. The molecule has 0 aromatic carbocycles. The topological polar surface area (TPSA) is 88.0 Å². The first-order valence-corrected chi connectivity index (χ1v) is 5.83. The van der Waals surface area contributed by atoms with Gasteiger partial charge in [0.25, 0.3) is 0 Å². The molecule has 0 aliphatic carbocycles. The average molecular weight is 256 g/mol. The van der Waals surface area contributed by atoms with Gasteiger partial charge in [0.05, 0.1) is 6.04 Å². The van der Waals surface area contributed by atoms with Crippen molar-refractivity contribution in [2.45, 2.75) is 13.0 Å².